The Hall–Kier alpha value is -1.59. The van der Waals surface area contributed by atoms with Gasteiger partial charge in [0.25, 0.3) is 5.91 Å². The highest BCUT2D eigenvalue weighted by Crippen LogP contribution is 2.32. The fraction of sp³-hybridized carbons (Fsp3) is 0.842. The van der Waals surface area contributed by atoms with Crippen molar-refractivity contribution >= 4 is 17.8 Å². The van der Waals surface area contributed by atoms with Crippen LogP contribution in [0.3, 0.4) is 0 Å². The maximum Gasteiger partial charge on any atom is 0.325 e. The van der Waals surface area contributed by atoms with Crippen molar-refractivity contribution in [2.24, 2.45) is 17.6 Å². The first kappa shape index (κ1) is 18.2. The van der Waals surface area contributed by atoms with Crippen molar-refractivity contribution in [3.05, 3.63) is 0 Å². The molecular formula is C19H31N3O3. The summed E-state index contributed by atoms with van der Waals surface area (Å²) in [4.78, 5) is 38.3. The quantitative estimate of drug-likeness (QED) is 0.722. The molecule has 2 unspecified atom stereocenters. The lowest BCUT2D eigenvalue weighted by atomic mass is 9.84. The molecule has 25 heavy (non-hydrogen) atoms. The molecule has 2 aliphatic carbocycles. The summed E-state index contributed by atoms with van der Waals surface area (Å²) in [6.45, 7) is 0. The molecule has 6 heteroatoms. The SMILES string of the molecule is NC(=O)C(CC1CCCCC1)N1C(=O)NC(CC2CCCCC2)C1=O. The number of primary amides is 1. The Morgan fingerprint density at radius 1 is 1.00 bits per heavy atom. The highest BCUT2D eigenvalue weighted by molar-refractivity contribution is 6.07. The van der Waals surface area contributed by atoms with Crippen molar-refractivity contribution in [2.45, 2.75) is 89.1 Å². The molecule has 0 aromatic heterocycles. The monoisotopic (exact) mass is 349 g/mol. The van der Waals surface area contributed by atoms with Gasteiger partial charge in [-0.25, -0.2) is 9.69 Å². The van der Waals surface area contributed by atoms with E-state index in [1.54, 1.807) is 0 Å². The second-order valence-electron chi connectivity index (χ2n) is 8.11. The zero-order valence-electron chi connectivity index (χ0n) is 15.0. The number of nitrogens with two attached hydrogens (primary N) is 1. The van der Waals surface area contributed by atoms with E-state index in [0.717, 1.165) is 43.4 Å². The minimum atomic E-state index is -0.799. The van der Waals surface area contributed by atoms with Gasteiger partial charge in [-0.3, -0.25) is 9.59 Å². The van der Waals surface area contributed by atoms with Gasteiger partial charge in [0.15, 0.2) is 0 Å². The zero-order valence-corrected chi connectivity index (χ0v) is 15.0. The molecular weight excluding hydrogens is 318 g/mol. The number of hydrogen-bond acceptors (Lipinski definition) is 3. The molecule has 0 aromatic rings. The number of carbonyl (C=O) groups is 3. The molecule has 0 aromatic carbocycles. The van der Waals surface area contributed by atoms with Crippen LogP contribution in [0.4, 0.5) is 4.79 Å². The number of nitrogens with one attached hydrogen (secondary N) is 1. The number of urea groups is 1. The molecule has 3 rings (SSSR count). The largest absolute Gasteiger partial charge is 0.368 e. The van der Waals surface area contributed by atoms with Crippen LogP contribution >= 0.6 is 0 Å². The number of carbonyl (C=O) groups excluding carboxylic acids is 3. The van der Waals surface area contributed by atoms with Gasteiger partial charge < -0.3 is 11.1 Å². The molecule has 1 saturated heterocycles. The van der Waals surface area contributed by atoms with Crippen molar-refractivity contribution < 1.29 is 14.4 Å². The number of amides is 4. The van der Waals surface area contributed by atoms with E-state index in [1.165, 1.54) is 25.7 Å². The second kappa shape index (κ2) is 8.19. The van der Waals surface area contributed by atoms with E-state index in [-0.39, 0.29) is 5.91 Å². The molecule has 2 atom stereocenters. The summed E-state index contributed by atoms with van der Waals surface area (Å²) in [5, 5.41) is 2.80. The maximum absolute atomic E-state index is 12.8. The van der Waals surface area contributed by atoms with Gasteiger partial charge in [0.2, 0.25) is 5.91 Å². The summed E-state index contributed by atoms with van der Waals surface area (Å²) in [5.41, 5.74) is 5.58. The van der Waals surface area contributed by atoms with Gasteiger partial charge in [0.05, 0.1) is 0 Å². The van der Waals surface area contributed by atoms with Crippen LogP contribution in [0.5, 0.6) is 0 Å². The lowest BCUT2D eigenvalue weighted by Gasteiger charge is -2.29. The lowest BCUT2D eigenvalue weighted by molar-refractivity contribution is -0.135. The lowest BCUT2D eigenvalue weighted by Crippen LogP contribution is -2.49. The molecule has 1 heterocycles. The van der Waals surface area contributed by atoms with Gasteiger partial charge in [-0.15, -0.1) is 0 Å². The van der Waals surface area contributed by atoms with Crippen molar-refractivity contribution in [1.82, 2.24) is 10.2 Å². The van der Waals surface area contributed by atoms with Crippen LogP contribution in [0.15, 0.2) is 0 Å². The summed E-state index contributed by atoms with van der Waals surface area (Å²) in [6.07, 6.45) is 12.8. The highest BCUT2D eigenvalue weighted by Gasteiger charge is 2.45. The third-order valence-corrected chi connectivity index (χ3v) is 6.27. The maximum atomic E-state index is 12.8. The average Bonchev–Trinajstić information content (AvgIpc) is 2.88. The van der Waals surface area contributed by atoms with E-state index in [9.17, 15) is 14.4 Å². The molecule has 140 valence electrons. The summed E-state index contributed by atoms with van der Waals surface area (Å²) in [7, 11) is 0. The Kier molecular flexibility index (Phi) is 5.97. The smallest absolute Gasteiger partial charge is 0.325 e. The Morgan fingerprint density at radius 3 is 2.12 bits per heavy atom. The summed E-state index contributed by atoms with van der Waals surface area (Å²) in [6, 6.07) is -1.72. The van der Waals surface area contributed by atoms with Crippen molar-refractivity contribution in [3.8, 4) is 0 Å². The summed E-state index contributed by atoms with van der Waals surface area (Å²) < 4.78 is 0. The zero-order chi connectivity index (χ0) is 17.8. The van der Waals surface area contributed by atoms with Crippen LogP contribution in [0.25, 0.3) is 0 Å². The van der Waals surface area contributed by atoms with Gasteiger partial charge in [0.1, 0.15) is 12.1 Å². The van der Waals surface area contributed by atoms with Crippen molar-refractivity contribution in [2.75, 3.05) is 0 Å². The summed E-state index contributed by atoms with van der Waals surface area (Å²) in [5.74, 6) is 0.0557. The Balaban J connectivity index is 1.64. The van der Waals surface area contributed by atoms with Crippen molar-refractivity contribution in [1.29, 1.82) is 0 Å². The Morgan fingerprint density at radius 2 is 1.56 bits per heavy atom. The molecule has 3 N–H and O–H groups in total. The number of rotatable bonds is 6. The second-order valence-corrected chi connectivity index (χ2v) is 8.11. The third-order valence-electron chi connectivity index (χ3n) is 6.27. The highest BCUT2D eigenvalue weighted by atomic mass is 16.2. The number of nitrogens with zero attached hydrogens (tertiary/aromatic N) is 1. The molecule has 6 nitrogen and oxygen atoms in total. The number of hydrogen-bond donors (Lipinski definition) is 2. The fourth-order valence-electron chi connectivity index (χ4n) is 4.85. The topological polar surface area (TPSA) is 92.5 Å². The van der Waals surface area contributed by atoms with Crippen LogP contribution in [0.2, 0.25) is 0 Å². The van der Waals surface area contributed by atoms with E-state index in [0.29, 0.717) is 24.7 Å². The van der Waals surface area contributed by atoms with E-state index in [4.69, 9.17) is 5.73 Å². The van der Waals surface area contributed by atoms with Gasteiger partial charge in [-0.1, -0.05) is 64.2 Å². The minimum absolute atomic E-state index is 0.254. The van der Waals surface area contributed by atoms with Gasteiger partial charge in [-0.2, -0.15) is 0 Å². The van der Waals surface area contributed by atoms with Crippen molar-refractivity contribution in [3.63, 3.8) is 0 Å². The first-order valence-electron chi connectivity index (χ1n) is 9.99. The standard InChI is InChI=1S/C19H31N3O3/c20-17(23)16(12-14-9-5-2-6-10-14)22-18(24)15(21-19(22)25)11-13-7-3-1-4-8-13/h13-16H,1-12H2,(H2,20,23)(H,21,25). The first-order valence-corrected chi connectivity index (χ1v) is 9.99. The molecule has 4 amide bonds. The van der Waals surface area contributed by atoms with E-state index in [2.05, 4.69) is 5.32 Å². The van der Waals surface area contributed by atoms with Crippen LogP contribution in [-0.2, 0) is 9.59 Å². The van der Waals surface area contributed by atoms with Crippen LogP contribution < -0.4 is 11.1 Å². The van der Waals surface area contributed by atoms with E-state index < -0.39 is 24.0 Å². The van der Waals surface area contributed by atoms with Crippen LogP contribution in [0.1, 0.15) is 77.0 Å². The van der Waals surface area contributed by atoms with E-state index in [1.807, 2.05) is 0 Å². The normalized spacial score (nSPS) is 27.4. The number of imide groups is 1. The third kappa shape index (κ3) is 4.33. The van der Waals surface area contributed by atoms with E-state index >= 15 is 0 Å². The molecule has 0 spiro atoms. The molecule has 2 saturated carbocycles. The molecule has 0 radical (unpaired) electrons. The summed E-state index contributed by atoms with van der Waals surface area (Å²) >= 11 is 0. The van der Waals surface area contributed by atoms with Crippen LogP contribution in [-0.4, -0.2) is 34.8 Å². The molecule has 3 fully saturated rings. The predicted octanol–water partition coefficient (Wildman–Crippen LogP) is 2.70. The molecule has 1 aliphatic heterocycles. The molecule has 0 bridgehead atoms. The van der Waals surface area contributed by atoms with Gasteiger partial charge >= 0.3 is 6.03 Å². The predicted molar refractivity (Wildman–Crippen MR) is 94.5 cm³/mol. The minimum Gasteiger partial charge on any atom is -0.368 e. The Bertz CT molecular complexity index is 510. The molecule has 3 aliphatic rings. The fourth-order valence-corrected chi connectivity index (χ4v) is 4.85. The first-order chi connectivity index (χ1) is 12.1. The van der Waals surface area contributed by atoms with Crippen LogP contribution in [0, 0.1) is 11.8 Å². The van der Waals surface area contributed by atoms with Gasteiger partial charge in [-0.05, 0) is 24.7 Å². The average molecular weight is 349 g/mol. The Labute approximate surface area is 149 Å². The van der Waals surface area contributed by atoms with Gasteiger partial charge in [0, 0.05) is 0 Å².